The molecule has 1 heterocycles. The summed E-state index contributed by atoms with van der Waals surface area (Å²) in [5.74, 6) is -0.193. The van der Waals surface area contributed by atoms with E-state index in [4.69, 9.17) is 4.42 Å². The molecule has 7 heteroatoms. The Morgan fingerprint density at radius 3 is 2.57 bits per heavy atom. The van der Waals surface area contributed by atoms with E-state index in [1.807, 2.05) is 6.92 Å². The summed E-state index contributed by atoms with van der Waals surface area (Å²) in [5, 5.41) is 10.9. The van der Waals surface area contributed by atoms with E-state index in [-0.39, 0.29) is 17.2 Å². The number of nitro groups is 1. The van der Waals surface area contributed by atoms with Crippen molar-refractivity contribution in [3.63, 3.8) is 0 Å². The van der Waals surface area contributed by atoms with E-state index < -0.39 is 10.5 Å². The summed E-state index contributed by atoms with van der Waals surface area (Å²) in [4.78, 5) is 30.9. The molecule has 112 valence electrons. The van der Waals surface area contributed by atoms with Gasteiger partial charge in [-0.3, -0.25) is 14.9 Å². The highest BCUT2D eigenvalue weighted by molar-refractivity contribution is 5.85. The highest BCUT2D eigenvalue weighted by atomic mass is 16.6. The second kappa shape index (κ2) is 7.78. The maximum absolute atomic E-state index is 10.8. The van der Waals surface area contributed by atoms with Crippen LogP contribution in [0.1, 0.15) is 20.3 Å². The lowest BCUT2D eigenvalue weighted by molar-refractivity contribution is -0.383. The Kier molecular flexibility index (Phi) is 6.06. The van der Waals surface area contributed by atoms with Crippen molar-refractivity contribution in [3.8, 4) is 0 Å². The van der Waals surface area contributed by atoms with Gasteiger partial charge in [0.25, 0.3) is 5.69 Å². The zero-order valence-corrected chi connectivity index (χ0v) is 11.7. The largest absolute Gasteiger partial charge is 0.466 e. The van der Waals surface area contributed by atoms with Gasteiger partial charge in [0.15, 0.2) is 0 Å². The number of nitro benzene ring substituents is 1. The molecule has 0 saturated heterocycles. The van der Waals surface area contributed by atoms with Crippen molar-refractivity contribution in [1.82, 2.24) is 0 Å². The first kappa shape index (κ1) is 16.4. The van der Waals surface area contributed by atoms with Gasteiger partial charge in [-0.2, -0.15) is 0 Å². The Morgan fingerprint density at radius 1 is 1.33 bits per heavy atom. The van der Waals surface area contributed by atoms with Crippen molar-refractivity contribution < 1.29 is 18.9 Å². The van der Waals surface area contributed by atoms with E-state index in [0.717, 1.165) is 12.5 Å². The average Bonchev–Trinajstić information content (AvgIpc) is 2.44. The number of carbonyl (C=O) groups excluding carboxylic acids is 1. The zero-order chi connectivity index (χ0) is 15.8. The van der Waals surface area contributed by atoms with Crippen LogP contribution >= 0.6 is 0 Å². The van der Waals surface area contributed by atoms with E-state index in [9.17, 15) is 19.7 Å². The first-order valence-electron chi connectivity index (χ1n) is 6.26. The maximum Gasteiger partial charge on any atom is 0.336 e. The summed E-state index contributed by atoms with van der Waals surface area (Å²) >= 11 is 0. The Morgan fingerprint density at radius 2 is 2.05 bits per heavy atom. The molecule has 0 aliphatic carbocycles. The van der Waals surface area contributed by atoms with Gasteiger partial charge in [-0.25, -0.2) is 4.79 Å². The van der Waals surface area contributed by atoms with Crippen LogP contribution in [0.15, 0.2) is 39.5 Å². The standard InChI is InChI=1S/C9H5NO4.C5H10O2/c11-9-5-4-6-7(10(12)13)2-1-3-8(6)14-9;1-3-4-7-5(2)6/h1-5H;3-4H2,1-2H3. The second-order valence-electron chi connectivity index (χ2n) is 4.04. The van der Waals surface area contributed by atoms with Crippen LogP contribution in [-0.4, -0.2) is 17.5 Å². The van der Waals surface area contributed by atoms with Crippen LogP contribution in [0.25, 0.3) is 11.0 Å². The molecule has 2 aromatic rings. The van der Waals surface area contributed by atoms with E-state index >= 15 is 0 Å². The molecule has 0 amide bonds. The van der Waals surface area contributed by atoms with E-state index in [2.05, 4.69) is 4.74 Å². The van der Waals surface area contributed by atoms with E-state index in [1.165, 1.54) is 31.2 Å². The number of hydrogen-bond donors (Lipinski definition) is 0. The number of hydrogen-bond acceptors (Lipinski definition) is 6. The van der Waals surface area contributed by atoms with Crippen LogP contribution in [0.4, 0.5) is 5.69 Å². The number of rotatable bonds is 3. The molecular formula is C14H15NO6. The number of fused-ring (bicyclic) bond motifs is 1. The average molecular weight is 293 g/mol. The van der Waals surface area contributed by atoms with Gasteiger partial charge in [0.05, 0.1) is 16.9 Å². The summed E-state index contributed by atoms with van der Waals surface area (Å²) in [6.07, 6.45) is 0.902. The van der Waals surface area contributed by atoms with Gasteiger partial charge in [0.2, 0.25) is 0 Å². The van der Waals surface area contributed by atoms with E-state index in [0.29, 0.717) is 12.0 Å². The van der Waals surface area contributed by atoms with Crippen LogP contribution in [0.5, 0.6) is 0 Å². The predicted octanol–water partition coefficient (Wildman–Crippen LogP) is 2.66. The van der Waals surface area contributed by atoms with Crippen molar-refractivity contribution in [2.75, 3.05) is 6.61 Å². The Balaban J connectivity index is 0.000000270. The summed E-state index contributed by atoms with van der Waals surface area (Å²) < 4.78 is 9.34. The molecule has 0 fully saturated rings. The second-order valence-corrected chi connectivity index (χ2v) is 4.04. The third kappa shape index (κ3) is 5.06. The molecule has 0 unspecified atom stereocenters. The topological polar surface area (TPSA) is 99.7 Å². The zero-order valence-electron chi connectivity index (χ0n) is 11.7. The molecule has 1 aromatic carbocycles. The Labute approximate surface area is 120 Å². The molecule has 0 bridgehead atoms. The quantitative estimate of drug-likeness (QED) is 0.373. The number of nitrogens with zero attached hydrogens (tertiary/aromatic N) is 1. The molecule has 7 nitrogen and oxygen atoms in total. The van der Waals surface area contributed by atoms with Gasteiger partial charge in [0, 0.05) is 19.1 Å². The fourth-order valence-corrected chi connectivity index (χ4v) is 1.49. The molecule has 0 atom stereocenters. The molecular weight excluding hydrogens is 278 g/mol. The van der Waals surface area contributed by atoms with Gasteiger partial charge >= 0.3 is 11.6 Å². The molecule has 1 aromatic heterocycles. The third-order valence-corrected chi connectivity index (χ3v) is 2.35. The SMILES string of the molecule is CCCOC(C)=O.O=c1ccc2c([N+](=O)[O-])cccc2o1. The molecule has 0 saturated carbocycles. The van der Waals surface area contributed by atoms with Crippen LogP contribution in [0.2, 0.25) is 0 Å². The number of ether oxygens (including phenoxy) is 1. The summed E-state index contributed by atoms with van der Waals surface area (Å²) in [6, 6.07) is 6.91. The molecule has 0 aliphatic rings. The Hall–Kier alpha value is -2.70. The number of benzene rings is 1. The smallest absolute Gasteiger partial charge is 0.336 e. The highest BCUT2D eigenvalue weighted by Crippen LogP contribution is 2.23. The fourth-order valence-electron chi connectivity index (χ4n) is 1.49. The summed E-state index contributed by atoms with van der Waals surface area (Å²) in [5.41, 5.74) is -0.351. The van der Waals surface area contributed by atoms with Gasteiger partial charge in [-0.05, 0) is 18.6 Å². The van der Waals surface area contributed by atoms with Crippen molar-refractivity contribution in [3.05, 3.63) is 50.9 Å². The van der Waals surface area contributed by atoms with Gasteiger partial charge in [-0.15, -0.1) is 0 Å². The van der Waals surface area contributed by atoms with Crippen molar-refractivity contribution in [1.29, 1.82) is 0 Å². The molecule has 0 N–H and O–H groups in total. The maximum atomic E-state index is 10.8. The number of non-ortho nitro benzene ring substituents is 1. The minimum Gasteiger partial charge on any atom is -0.466 e. The molecule has 0 radical (unpaired) electrons. The van der Waals surface area contributed by atoms with Crippen molar-refractivity contribution >= 4 is 22.6 Å². The summed E-state index contributed by atoms with van der Waals surface area (Å²) in [6.45, 7) is 3.92. The minimum atomic E-state index is -0.516. The van der Waals surface area contributed by atoms with Gasteiger partial charge in [-0.1, -0.05) is 13.0 Å². The molecule has 0 spiro atoms. The lowest BCUT2D eigenvalue weighted by atomic mass is 10.2. The minimum absolute atomic E-state index is 0.0637. The van der Waals surface area contributed by atoms with Crippen molar-refractivity contribution in [2.24, 2.45) is 0 Å². The summed E-state index contributed by atoms with van der Waals surface area (Å²) in [7, 11) is 0. The van der Waals surface area contributed by atoms with E-state index in [1.54, 1.807) is 0 Å². The monoisotopic (exact) mass is 293 g/mol. The highest BCUT2D eigenvalue weighted by Gasteiger charge is 2.11. The predicted molar refractivity (Wildman–Crippen MR) is 76.1 cm³/mol. The lowest BCUT2D eigenvalue weighted by Crippen LogP contribution is -1.98. The van der Waals surface area contributed by atoms with Crippen molar-refractivity contribution in [2.45, 2.75) is 20.3 Å². The molecule has 0 aliphatic heterocycles. The lowest BCUT2D eigenvalue weighted by Gasteiger charge is -1.96. The normalized spacial score (nSPS) is 9.62. The Bertz CT molecular complexity index is 691. The number of carbonyl (C=O) groups is 1. The van der Waals surface area contributed by atoms with Gasteiger partial charge in [0.1, 0.15) is 5.58 Å². The van der Waals surface area contributed by atoms with Crippen LogP contribution in [0, 0.1) is 10.1 Å². The first-order valence-corrected chi connectivity index (χ1v) is 6.26. The van der Waals surface area contributed by atoms with Gasteiger partial charge < -0.3 is 9.15 Å². The van der Waals surface area contributed by atoms with Crippen LogP contribution in [-0.2, 0) is 9.53 Å². The molecule has 21 heavy (non-hydrogen) atoms. The fraction of sp³-hybridized carbons (Fsp3) is 0.286. The number of esters is 1. The van der Waals surface area contributed by atoms with Crippen LogP contribution in [0.3, 0.4) is 0 Å². The third-order valence-electron chi connectivity index (χ3n) is 2.35. The molecule has 2 rings (SSSR count). The first-order chi connectivity index (χ1) is 9.95. The van der Waals surface area contributed by atoms with Crippen LogP contribution < -0.4 is 5.63 Å².